The number of hydrogen-bond donors (Lipinski definition) is 0. The summed E-state index contributed by atoms with van der Waals surface area (Å²) in [6.45, 7) is 4.39. The monoisotopic (exact) mass is 343 g/mol. The highest BCUT2D eigenvalue weighted by Crippen LogP contribution is 2.23. The molecule has 2 rings (SSSR count). The molecule has 23 heavy (non-hydrogen) atoms. The van der Waals surface area contributed by atoms with Gasteiger partial charge in [0, 0.05) is 19.3 Å². The van der Waals surface area contributed by atoms with Crippen molar-refractivity contribution in [2.24, 2.45) is 0 Å². The Morgan fingerprint density at radius 2 is 1.87 bits per heavy atom. The summed E-state index contributed by atoms with van der Waals surface area (Å²) in [6, 6.07) is 2.69. The van der Waals surface area contributed by atoms with Gasteiger partial charge in [0.2, 0.25) is 9.84 Å². The van der Waals surface area contributed by atoms with Crippen LogP contribution in [0.25, 0.3) is 0 Å². The maximum atomic E-state index is 13.7. The number of sulfone groups is 1. The molecule has 1 aromatic carbocycles. The van der Waals surface area contributed by atoms with Crippen LogP contribution in [0.1, 0.15) is 13.8 Å². The van der Waals surface area contributed by atoms with Crippen LogP contribution in [0.2, 0.25) is 0 Å². The molecule has 2 aromatic rings. The molecule has 0 bridgehead atoms. The Labute approximate surface area is 132 Å². The van der Waals surface area contributed by atoms with Gasteiger partial charge in [-0.1, -0.05) is 0 Å². The van der Waals surface area contributed by atoms with E-state index in [2.05, 4.69) is 5.10 Å². The minimum absolute atomic E-state index is 0.426. The standard InChI is InChI=1S/C14H15F2N3O3S/c1-3-18(4-2)14(20)19-8-7-13(17-19)23(21,22)12-9-10(15)5-6-11(12)16/h5-9H,3-4H2,1-2H3. The Hall–Kier alpha value is -2.29. The molecular formula is C14H15F2N3O3S. The molecule has 0 unspecified atom stereocenters. The molecule has 0 atom stereocenters. The summed E-state index contributed by atoms with van der Waals surface area (Å²) in [5.74, 6) is -1.97. The van der Waals surface area contributed by atoms with Gasteiger partial charge in [-0.2, -0.15) is 9.78 Å². The van der Waals surface area contributed by atoms with Crippen molar-refractivity contribution in [3.05, 3.63) is 42.1 Å². The van der Waals surface area contributed by atoms with Crippen LogP contribution in [0, 0.1) is 11.6 Å². The number of amides is 1. The molecule has 0 radical (unpaired) electrons. The molecule has 1 heterocycles. The second-order valence-corrected chi connectivity index (χ2v) is 6.50. The zero-order chi connectivity index (χ0) is 17.2. The number of benzene rings is 1. The second-order valence-electron chi connectivity index (χ2n) is 4.63. The van der Waals surface area contributed by atoms with Gasteiger partial charge in [0.15, 0.2) is 5.03 Å². The van der Waals surface area contributed by atoms with Gasteiger partial charge in [0.25, 0.3) is 0 Å². The number of rotatable bonds is 4. The predicted octanol–water partition coefficient (Wildman–Crippen LogP) is 2.30. The molecule has 0 N–H and O–H groups in total. The third kappa shape index (κ3) is 3.24. The van der Waals surface area contributed by atoms with Crippen LogP contribution >= 0.6 is 0 Å². The van der Waals surface area contributed by atoms with Crippen LogP contribution in [0.5, 0.6) is 0 Å². The van der Waals surface area contributed by atoms with Gasteiger partial charge >= 0.3 is 6.03 Å². The normalized spacial score (nSPS) is 11.5. The van der Waals surface area contributed by atoms with E-state index in [1.807, 2.05) is 0 Å². The second kappa shape index (κ2) is 6.45. The number of nitrogens with zero attached hydrogens (tertiary/aromatic N) is 3. The molecular weight excluding hydrogens is 328 g/mol. The van der Waals surface area contributed by atoms with E-state index in [9.17, 15) is 22.0 Å². The lowest BCUT2D eigenvalue weighted by Gasteiger charge is -2.17. The van der Waals surface area contributed by atoms with Gasteiger partial charge in [-0.3, -0.25) is 0 Å². The van der Waals surface area contributed by atoms with Gasteiger partial charge in [-0.15, -0.1) is 0 Å². The van der Waals surface area contributed by atoms with E-state index in [0.717, 1.165) is 22.9 Å². The highest BCUT2D eigenvalue weighted by Gasteiger charge is 2.26. The van der Waals surface area contributed by atoms with Crippen LogP contribution in [-0.2, 0) is 9.84 Å². The van der Waals surface area contributed by atoms with E-state index in [-0.39, 0.29) is 0 Å². The van der Waals surface area contributed by atoms with Gasteiger partial charge in [-0.05, 0) is 38.1 Å². The smallest absolute Gasteiger partial charge is 0.323 e. The Kier molecular flexibility index (Phi) is 4.79. The first-order chi connectivity index (χ1) is 10.8. The van der Waals surface area contributed by atoms with Crippen molar-refractivity contribution in [3.63, 3.8) is 0 Å². The maximum absolute atomic E-state index is 13.7. The lowest BCUT2D eigenvalue weighted by atomic mass is 10.3. The van der Waals surface area contributed by atoms with Gasteiger partial charge in [-0.25, -0.2) is 22.0 Å². The van der Waals surface area contributed by atoms with Crippen molar-refractivity contribution in [2.75, 3.05) is 13.1 Å². The summed E-state index contributed by atoms with van der Waals surface area (Å²) in [7, 11) is -4.36. The molecule has 0 aliphatic carbocycles. The van der Waals surface area contributed by atoms with Crippen LogP contribution in [0.4, 0.5) is 13.6 Å². The van der Waals surface area contributed by atoms with E-state index in [4.69, 9.17) is 0 Å². The lowest BCUT2D eigenvalue weighted by Crippen LogP contribution is -2.34. The van der Waals surface area contributed by atoms with Gasteiger partial charge in [0.1, 0.15) is 16.5 Å². The van der Waals surface area contributed by atoms with E-state index in [1.54, 1.807) is 13.8 Å². The number of carbonyl (C=O) groups is 1. The highest BCUT2D eigenvalue weighted by molar-refractivity contribution is 7.91. The number of carbonyl (C=O) groups excluding carboxylic acids is 1. The highest BCUT2D eigenvalue weighted by atomic mass is 32.2. The minimum atomic E-state index is -4.36. The Bertz CT molecular complexity index is 830. The van der Waals surface area contributed by atoms with Crippen LogP contribution < -0.4 is 0 Å². The largest absolute Gasteiger partial charge is 0.344 e. The summed E-state index contributed by atoms with van der Waals surface area (Å²) >= 11 is 0. The summed E-state index contributed by atoms with van der Waals surface area (Å²) in [6.07, 6.45) is 1.17. The third-order valence-electron chi connectivity index (χ3n) is 3.25. The Morgan fingerprint density at radius 3 is 2.48 bits per heavy atom. The van der Waals surface area contributed by atoms with Gasteiger partial charge in [0.05, 0.1) is 0 Å². The topological polar surface area (TPSA) is 72.3 Å². The molecule has 6 nitrogen and oxygen atoms in total. The molecule has 0 saturated carbocycles. The maximum Gasteiger partial charge on any atom is 0.344 e. The summed E-state index contributed by atoms with van der Waals surface area (Å²) < 4.78 is 52.5. The fourth-order valence-electron chi connectivity index (χ4n) is 1.99. The fourth-order valence-corrected chi connectivity index (χ4v) is 3.25. The summed E-state index contributed by atoms with van der Waals surface area (Å²) in [4.78, 5) is 12.7. The zero-order valence-electron chi connectivity index (χ0n) is 12.5. The molecule has 0 aliphatic heterocycles. The van der Waals surface area contributed by atoms with Crippen molar-refractivity contribution in [2.45, 2.75) is 23.8 Å². The van der Waals surface area contributed by atoms with E-state index in [1.165, 1.54) is 11.1 Å². The molecule has 0 spiro atoms. The number of halogens is 2. The predicted molar refractivity (Wildman–Crippen MR) is 77.8 cm³/mol. The lowest BCUT2D eigenvalue weighted by molar-refractivity contribution is 0.201. The van der Waals surface area contributed by atoms with Gasteiger partial charge < -0.3 is 4.90 Å². The average Bonchev–Trinajstić information content (AvgIpc) is 3.01. The van der Waals surface area contributed by atoms with Crippen molar-refractivity contribution in [1.29, 1.82) is 0 Å². The van der Waals surface area contributed by atoms with Crippen molar-refractivity contribution in [3.8, 4) is 0 Å². The van der Waals surface area contributed by atoms with E-state index >= 15 is 0 Å². The molecule has 9 heteroatoms. The van der Waals surface area contributed by atoms with Crippen LogP contribution in [-0.4, -0.2) is 42.2 Å². The fraction of sp³-hybridized carbons (Fsp3) is 0.286. The summed E-state index contributed by atoms with van der Waals surface area (Å²) in [5, 5.41) is 3.17. The first-order valence-electron chi connectivity index (χ1n) is 6.86. The molecule has 1 aromatic heterocycles. The quantitative estimate of drug-likeness (QED) is 0.854. The third-order valence-corrected chi connectivity index (χ3v) is 4.91. The first-order valence-corrected chi connectivity index (χ1v) is 8.34. The van der Waals surface area contributed by atoms with Crippen LogP contribution in [0.15, 0.2) is 40.4 Å². The summed E-state index contributed by atoms with van der Waals surface area (Å²) in [5.41, 5.74) is 0. The molecule has 124 valence electrons. The minimum Gasteiger partial charge on any atom is -0.323 e. The molecule has 0 saturated heterocycles. The first kappa shape index (κ1) is 17.1. The average molecular weight is 343 g/mol. The SMILES string of the molecule is CCN(CC)C(=O)n1ccc(S(=O)(=O)c2cc(F)ccc2F)n1. The van der Waals surface area contributed by atoms with E-state index in [0.29, 0.717) is 19.2 Å². The Morgan fingerprint density at radius 1 is 1.22 bits per heavy atom. The molecule has 0 aliphatic rings. The van der Waals surface area contributed by atoms with Crippen molar-refractivity contribution >= 4 is 15.9 Å². The van der Waals surface area contributed by atoms with Crippen molar-refractivity contribution in [1.82, 2.24) is 14.7 Å². The number of hydrogen-bond acceptors (Lipinski definition) is 4. The van der Waals surface area contributed by atoms with Crippen LogP contribution in [0.3, 0.4) is 0 Å². The molecule has 0 fully saturated rings. The zero-order valence-corrected chi connectivity index (χ0v) is 13.3. The van der Waals surface area contributed by atoms with E-state index < -0.39 is 37.4 Å². The number of aromatic nitrogens is 2. The van der Waals surface area contributed by atoms with Crippen molar-refractivity contribution < 1.29 is 22.0 Å². The molecule has 1 amide bonds. The Balaban J connectivity index is 2.43.